The summed E-state index contributed by atoms with van der Waals surface area (Å²) in [4.78, 5) is 18.0. The quantitative estimate of drug-likeness (QED) is 0.773. The van der Waals surface area contributed by atoms with E-state index in [9.17, 15) is 13.6 Å². The van der Waals surface area contributed by atoms with Crippen molar-refractivity contribution in [3.05, 3.63) is 45.9 Å². The predicted molar refractivity (Wildman–Crippen MR) is 84.7 cm³/mol. The predicted octanol–water partition coefficient (Wildman–Crippen LogP) is 3.64. The molecule has 0 saturated carbocycles. The van der Waals surface area contributed by atoms with Crippen LogP contribution in [0.2, 0.25) is 0 Å². The van der Waals surface area contributed by atoms with Crippen molar-refractivity contribution < 1.29 is 18.3 Å². The van der Waals surface area contributed by atoms with Crippen LogP contribution in [0.1, 0.15) is 22.7 Å². The van der Waals surface area contributed by atoms with Crippen LogP contribution < -0.4 is 4.74 Å². The lowest BCUT2D eigenvalue weighted by Crippen LogP contribution is -2.26. The van der Waals surface area contributed by atoms with Gasteiger partial charge >= 0.3 is 6.61 Å². The molecule has 2 rings (SSSR count). The summed E-state index contributed by atoms with van der Waals surface area (Å²) < 4.78 is 28.8. The van der Waals surface area contributed by atoms with Gasteiger partial charge in [-0.15, -0.1) is 11.3 Å². The lowest BCUT2D eigenvalue weighted by Gasteiger charge is -2.17. The first-order valence-electron chi connectivity index (χ1n) is 7.13. The molecular formula is C16H18F2N2O2S. The number of nitrogens with zero attached hydrogens (tertiary/aromatic N) is 2. The summed E-state index contributed by atoms with van der Waals surface area (Å²) >= 11 is 1.56. The lowest BCUT2D eigenvalue weighted by molar-refractivity contribution is -0.130. The van der Waals surface area contributed by atoms with Crippen LogP contribution in [-0.4, -0.2) is 29.5 Å². The second kappa shape index (κ2) is 8.01. The molecule has 0 saturated heterocycles. The number of thiazole rings is 1. The molecule has 1 heterocycles. The average Bonchev–Trinajstić information content (AvgIpc) is 2.90. The molecule has 0 unspecified atom stereocenters. The Morgan fingerprint density at radius 2 is 2.22 bits per heavy atom. The van der Waals surface area contributed by atoms with Crippen LogP contribution in [0.3, 0.4) is 0 Å². The van der Waals surface area contributed by atoms with Gasteiger partial charge in [0.2, 0.25) is 5.91 Å². The maximum atomic E-state index is 12.2. The van der Waals surface area contributed by atoms with Crippen LogP contribution in [0.25, 0.3) is 0 Å². The fraction of sp³-hybridized carbons (Fsp3) is 0.375. The van der Waals surface area contributed by atoms with E-state index in [0.717, 1.165) is 16.3 Å². The highest BCUT2D eigenvalue weighted by atomic mass is 32.1. The Morgan fingerprint density at radius 3 is 2.87 bits per heavy atom. The number of carbonyl (C=O) groups excluding carboxylic acids is 1. The first-order chi connectivity index (χ1) is 10.9. The van der Waals surface area contributed by atoms with Gasteiger partial charge in [-0.2, -0.15) is 8.78 Å². The molecule has 0 aliphatic carbocycles. The number of ether oxygens (including phenoxy) is 1. The molecular weight excluding hydrogens is 322 g/mol. The summed E-state index contributed by atoms with van der Waals surface area (Å²) in [7, 11) is 1.69. The summed E-state index contributed by atoms with van der Waals surface area (Å²) in [5, 5.41) is 2.94. The van der Waals surface area contributed by atoms with Gasteiger partial charge in [0.25, 0.3) is 0 Å². The zero-order chi connectivity index (χ0) is 16.8. The number of rotatable bonds is 7. The van der Waals surface area contributed by atoms with Crippen molar-refractivity contribution in [1.29, 1.82) is 0 Å². The van der Waals surface area contributed by atoms with Gasteiger partial charge in [-0.1, -0.05) is 12.1 Å². The normalized spacial score (nSPS) is 10.8. The van der Waals surface area contributed by atoms with Crippen molar-refractivity contribution in [2.45, 2.75) is 32.9 Å². The van der Waals surface area contributed by atoms with E-state index in [1.807, 2.05) is 12.3 Å². The van der Waals surface area contributed by atoms with E-state index >= 15 is 0 Å². The molecule has 1 amide bonds. The molecule has 0 fully saturated rings. The van der Waals surface area contributed by atoms with E-state index in [1.165, 1.54) is 12.1 Å². The van der Waals surface area contributed by atoms with Crippen molar-refractivity contribution in [1.82, 2.24) is 9.88 Å². The van der Waals surface area contributed by atoms with E-state index < -0.39 is 6.61 Å². The fourth-order valence-electron chi connectivity index (χ4n) is 2.13. The SMILES string of the molecule is Cc1nc(CCC(=O)N(C)Cc2cccc(OC(F)F)c2)cs1. The Balaban J connectivity index is 1.87. The van der Waals surface area contributed by atoms with Gasteiger partial charge in [0.05, 0.1) is 10.7 Å². The third-order valence-electron chi connectivity index (χ3n) is 3.23. The van der Waals surface area contributed by atoms with E-state index in [0.29, 0.717) is 19.4 Å². The van der Waals surface area contributed by atoms with Crippen LogP contribution in [0, 0.1) is 6.92 Å². The Hall–Kier alpha value is -2.02. The number of alkyl halides is 2. The smallest absolute Gasteiger partial charge is 0.387 e. The van der Waals surface area contributed by atoms with Crippen molar-refractivity contribution in [3.8, 4) is 5.75 Å². The number of aryl methyl sites for hydroxylation is 2. The van der Waals surface area contributed by atoms with Gasteiger partial charge in [0.15, 0.2) is 0 Å². The van der Waals surface area contributed by atoms with Gasteiger partial charge < -0.3 is 9.64 Å². The lowest BCUT2D eigenvalue weighted by atomic mass is 10.2. The molecule has 0 aliphatic rings. The van der Waals surface area contributed by atoms with E-state index in [1.54, 1.807) is 35.4 Å². The summed E-state index contributed by atoms with van der Waals surface area (Å²) in [6.07, 6.45) is 0.967. The van der Waals surface area contributed by atoms with Crippen molar-refractivity contribution in [2.24, 2.45) is 0 Å². The van der Waals surface area contributed by atoms with Gasteiger partial charge in [-0.05, 0) is 31.0 Å². The number of halogens is 2. The third-order valence-corrected chi connectivity index (χ3v) is 4.05. The molecule has 1 aromatic carbocycles. The zero-order valence-corrected chi connectivity index (χ0v) is 13.8. The van der Waals surface area contributed by atoms with Gasteiger partial charge in [0.1, 0.15) is 5.75 Å². The highest BCUT2D eigenvalue weighted by molar-refractivity contribution is 7.09. The molecule has 2 aromatic rings. The fourth-order valence-corrected chi connectivity index (χ4v) is 2.78. The number of amides is 1. The molecule has 0 N–H and O–H groups in total. The minimum atomic E-state index is -2.86. The summed E-state index contributed by atoms with van der Waals surface area (Å²) in [5.74, 6) is 0.0760. The molecule has 1 aromatic heterocycles. The Labute approximate surface area is 137 Å². The minimum absolute atomic E-state index is 0.0177. The first-order valence-corrected chi connectivity index (χ1v) is 8.00. The van der Waals surface area contributed by atoms with Crippen LogP contribution >= 0.6 is 11.3 Å². The maximum absolute atomic E-state index is 12.2. The highest BCUT2D eigenvalue weighted by Crippen LogP contribution is 2.17. The summed E-state index contributed by atoms with van der Waals surface area (Å²) in [6.45, 7) is -0.586. The molecule has 4 nitrogen and oxygen atoms in total. The van der Waals surface area contributed by atoms with Crippen molar-refractivity contribution in [3.63, 3.8) is 0 Å². The largest absolute Gasteiger partial charge is 0.435 e. The van der Waals surface area contributed by atoms with E-state index in [4.69, 9.17) is 0 Å². The second-order valence-corrected chi connectivity index (χ2v) is 6.20. The molecule has 0 spiro atoms. The number of hydrogen-bond donors (Lipinski definition) is 0. The highest BCUT2D eigenvalue weighted by Gasteiger charge is 2.12. The van der Waals surface area contributed by atoms with Crippen LogP contribution in [0.15, 0.2) is 29.6 Å². The van der Waals surface area contributed by atoms with Gasteiger partial charge in [-0.25, -0.2) is 4.98 Å². The number of hydrogen-bond acceptors (Lipinski definition) is 4. The van der Waals surface area contributed by atoms with Crippen LogP contribution in [0.4, 0.5) is 8.78 Å². The monoisotopic (exact) mass is 340 g/mol. The molecule has 0 bridgehead atoms. The topological polar surface area (TPSA) is 42.4 Å². The number of aromatic nitrogens is 1. The van der Waals surface area contributed by atoms with Crippen LogP contribution in [-0.2, 0) is 17.8 Å². The zero-order valence-electron chi connectivity index (χ0n) is 13.0. The van der Waals surface area contributed by atoms with Gasteiger partial charge in [0, 0.05) is 25.4 Å². The molecule has 0 atom stereocenters. The third kappa shape index (κ3) is 5.59. The van der Waals surface area contributed by atoms with E-state index in [-0.39, 0.29) is 11.7 Å². The first kappa shape index (κ1) is 17.3. The average molecular weight is 340 g/mol. The van der Waals surface area contributed by atoms with Crippen molar-refractivity contribution in [2.75, 3.05) is 7.05 Å². The number of benzene rings is 1. The van der Waals surface area contributed by atoms with E-state index in [2.05, 4.69) is 9.72 Å². The molecule has 0 radical (unpaired) electrons. The Bertz CT molecular complexity index is 661. The number of carbonyl (C=O) groups is 1. The Kier molecular flexibility index (Phi) is 6.04. The Morgan fingerprint density at radius 1 is 1.43 bits per heavy atom. The van der Waals surface area contributed by atoms with Crippen molar-refractivity contribution >= 4 is 17.2 Å². The molecule has 23 heavy (non-hydrogen) atoms. The second-order valence-electron chi connectivity index (χ2n) is 5.13. The molecule has 124 valence electrons. The van der Waals surface area contributed by atoms with Crippen LogP contribution in [0.5, 0.6) is 5.75 Å². The molecule has 0 aliphatic heterocycles. The standard InChI is InChI=1S/C16H18F2N2O2S/c1-11-19-13(10-23-11)6-7-15(21)20(2)9-12-4-3-5-14(8-12)22-16(17)18/h3-5,8,10,16H,6-7,9H2,1-2H3. The summed E-state index contributed by atoms with van der Waals surface area (Å²) in [6, 6.07) is 6.37. The maximum Gasteiger partial charge on any atom is 0.387 e. The van der Waals surface area contributed by atoms with Gasteiger partial charge in [-0.3, -0.25) is 4.79 Å². The molecule has 7 heteroatoms. The summed E-state index contributed by atoms with van der Waals surface area (Å²) in [5.41, 5.74) is 1.66. The minimum Gasteiger partial charge on any atom is -0.435 e.